The van der Waals surface area contributed by atoms with Crippen molar-refractivity contribution in [2.24, 2.45) is 5.92 Å². The van der Waals surface area contributed by atoms with Gasteiger partial charge >= 0.3 is 5.97 Å². The van der Waals surface area contributed by atoms with E-state index in [4.69, 9.17) is 16.3 Å². The quantitative estimate of drug-likeness (QED) is 0.133. The van der Waals surface area contributed by atoms with Gasteiger partial charge in [0.2, 0.25) is 5.78 Å². The molecule has 45 heavy (non-hydrogen) atoms. The third kappa shape index (κ3) is 6.24. The molecule has 0 saturated heterocycles. The summed E-state index contributed by atoms with van der Waals surface area (Å²) in [5.41, 5.74) is 4.70. The molecule has 0 radical (unpaired) electrons. The first-order valence-electron chi connectivity index (χ1n) is 14.8. The Morgan fingerprint density at radius 3 is 2.09 bits per heavy atom. The number of carbonyl (C=O) groups is 3. The predicted molar refractivity (Wildman–Crippen MR) is 177 cm³/mol. The largest absolute Gasteiger partial charge is 0.463 e. The first-order valence-corrected chi connectivity index (χ1v) is 15.2. The highest BCUT2D eigenvalue weighted by Crippen LogP contribution is 2.41. The zero-order chi connectivity index (χ0) is 31.3. The summed E-state index contributed by atoms with van der Waals surface area (Å²) >= 11 is 6.17. The van der Waals surface area contributed by atoms with E-state index in [1.807, 2.05) is 84.9 Å². The Hall–Kier alpha value is -5.20. The van der Waals surface area contributed by atoms with Crippen LogP contribution >= 0.6 is 11.6 Å². The smallest absolute Gasteiger partial charge is 0.336 e. The van der Waals surface area contributed by atoms with Crippen LogP contribution in [0.1, 0.15) is 45.8 Å². The maximum atomic E-state index is 14.5. The third-order valence-electron chi connectivity index (χ3n) is 8.00. The van der Waals surface area contributed by atoms with E-state index >= 15 is 0 Å². The summed E-state index contributed by atoms with van der Waals surface area (Å²) in [5, 5.41) is 4.11. The van der Waals surface area contributed by atoms with Crippen molar-refractivity contribution >= 4 is 40.5 Å². The molecule has 1 aromatic heterocycles. The second kappa shape index (κ2) is 13.2. The molecule has 1 N–H and O–H groups in total. The number of benzene rings is 4. The van der Waals surface area contributed by atoms with E-state index in [0.717, 1.165) is 16.8 Å². The van der Waals surface area contributed by atoms with Crippen molar-refractivity contribution in [2.45, 2.75) is 19.4 Å². The summed E-state index contributed by atoms with van der Waals surface area (Å²) in [6.07, 6.45) is 1.74. The van der Waals surface area contributed by atoms with Crippen molar-refractivity contribution in [1.29, 1.82) is 0 Å². The minimum Gasteiger partial charge on any atom is -0.463 e. The fraction of sp³-hybridized carbons (Fsp3) is 0.132. The van der Waals surface area contributed by atoms with Gasteiger partial charge in [-0.05, 0) is 60.9 Å². The monoisotopic (exact) mass is 614 g/mol. The summed E-state index contributed by atoms with van der Waals surface area (Å²) in [6, 6.07) is 36.5. The molecule has 0 bridgehead atoms. The summed E-state index contributed by atoms with van der Waals surface area (Å²) < 4.78 is 7.22. The second-order valence-corrected chi connectivity index (χ2v) is 11.2. The first kappa shape index (κ1) is 29.9. The maximum absolute atomic E-state index is 14.5. The van der Waals surface area contributed by atoms with Gasteiger partial charge in [-0.2, -0.15) is 0 Å². The molecule has 6 rings (SSSR count). The summed E-state index contributed by atoms with van der Waals surface area (Å²) in [7, 11) is 0. The topological polar surface area (TPSA) is 77.4 Å². The lowest BCUT2D eigenvalue weighted by molar-refractivity contribution is -0.138. The van der Waals surface area contributed by atoms with Crippen molar-refractivity contribution in [3.63, 3.8) is 0 Å². The molecule has 1 aliphatic rings. The lowest BCUT2D eigenvalue weighted by atomic mass is 9.83. The molecule has 1 aliphatic heterocycles. The van der Waals surface area contributed by atoms with E-state index in [0.29, 0.717) is 21.8 Å². The number of ketones is 2. The normalized spacial score (nSPS) is 16.0. The molecule has 5 aromatic rings. The van der Waals surface area contributed by atoms with E-state index in [-0.39, 0.29) is 35.9 Å². The van der Waals surface area contributed by atoms with Crippen LogP contribution in [0.4, 0.5) is 5.69 Å². The van der Waals surface area contributed by atoms with Crippen LogP contribution in [0.15, 0.2) is 133 Å². The minimum atomic E-state index is -0.766. The molecule has 0 saturated carbocycles. The fourth-order valence-electron chi connectivity index (χ4n) is 5.82. The highest BCUT2D eigenvalue weighted by atomic mass is 35.5. The van der Waals surface area contributed by atoms with E-state index < -0.39 is 17.9 Å². The molecule has 4 aromatic carbocycles. The van der Waals surface area contributed by atoms with Gasteiger partial charge in [0.05, 0.1) is 24.1 Å². The number of nitrogens with zero attached hydrogens (tertiary/aromatic N) is 1. The lowest BCUT2D eigenvalue weighted by Gasteiger charge is -2.27. The molecule has 6 nitrogen and oxygen atoms in total. The Morgan fingerprint density at radius 1 is 0.778 bits per heavy atom. The molecule has 0 fully saturated rings. The molecule has 2 heterocycles. The number of allylic oxidation sites excluding steroid dienone is 1. The minimum absolute atomic E-state index is 0.0149. The van der Waals surface area contributed by atoms with Crippen LogP contribution < -0.4 is 5.32 Å². The van der Waals surface area contributed by atoms with Crippen LogP contribution in [0.5, 0.6) is 0 Å². The number of ether oxygens (including phenoxy) is 1. The summed E-state index contributed by atoms with van der Waals surface area (Å²) in [5.74, 6) is -1.89. The van der Waals surface area contributed by atoms with Gasteiger partial charge in [0.1, 0.15) is 5.70 Å². The van der Waals surface area contributed by atoms with Crippen molar-refractivity contribution in [1.82, 2.24) is 4.57 Å². The fourth-order valence-corrected chi connectivity index (χ4v) is 5.95. The Balaban J connectivity index is 1.49. The van der Waals surface area contributed by atoms with Gasteiger partial charge < -0.3 is 14.6 Å². The lowest BCUT2D eigenvalue weighted by Crippen LogP contribution is -2.29. The van der Waals surface area contributed by atoms with Crippen molar-refractivity contribution in [2.75, 3.05) is 11.9 Å². The molecular weight excluding hydrogens is 584 g/mol. The number of hydrogen-bond acceptors (Lipinski definition) is 5. The molecule has 0 spiro atoms. The van der Waals surface area contributed by atoms with E-state index in [2.05, 4.69) is 5.32 Å². The molecule has 2 atom stereocenters. The van der Waals surface area contributed by atoms with E-state index in [1.165, 1.54) is 0 Å². The Kier molecular flexibility index (Phi) is 8.76. The van der Waals surface area contributed by atoms with E-state index in [9.17, 15) is 14.4 Å². The number of hydrogen-bond donors (Lipinski definition) is 1. The average Bonchev–Trinajstić information content (AvgIpc) is 3.51. The number of nitrogens with one attached hydrogen (secondary N) is 1. The average molecular weight is 615 g/mol. The first-order chi connectivity index (χ1) is 21.9. The Bertz CT molecular complexity index is 1860. The van der Waals surface area contributed by atoms with Gasteiger partial charge in [0.25, 0.3) is 0 Å². The number of aromatic nitrogens is 1. The highest BCUT2D eigenvalue weighted by Gasteiger charge is 2.40. The highest BCUT2D eigenvalue weighted by molar-refractivity contribution is 6.30. The predicted octanol–water partition coefficient (Wildman–Crippen LogP) is 8.52. The van der Waals surface area contributed by atoms with Crippen LogP contribution in [0.2, 0.25) is 5.02 Å². The maximum Gasteiger partial charge on any atom is 0.336 e. The zero-order valence-corrected chi connectivity index (χ0v) is 25.4. The van der Waals surface area contributed by atoms with Gasteiger partial charge in [0, 0.05) is 33.7 Å². The van der Waals surface area contributed by atoms with Crippen molar-refractivity contribution in [3.8, 4) is 11.1 Å². The zero-order valence-electron chi connectivity index (χ0n) is 24.7. The molecule has 7 heteroatoms. The standard InChI is InChI=1S/C38H31ClN2O4/c1-2-45-38(44)32-24-31(36(42)28-17-15-26(16-18-28)25-10-5-3-6-11-25)34(40-30-21-19-29(39)20-22-30)33-14-9-23-41(33)35(32)37(43)27-12-7-4-8-13-27/h3-23,31,34,40H,2,24H2,1H3/t31-,34+/m1/s1. The number of esters is 1. The summed E-state index contributed by atoms with van der Waals surface area (Å²) in [4.78, 5) is 42.3. The van der Waals surface area contributed by atoms with Crippen LogP contribution in [0, 0.1) is 5.92 Å². The van der Waals surface area contributed by atoms with Gasteiger partial charge in [-0.1, -0.05) is 96.5 Å². The van der Waals surface area contributed by atoms with Crippen LogP contribution in [-0.2, 0) is 9.53 Å². The number of Topliss-reactive ketones (excluding diaryl/α,β-unsaturated/α-hetero) is 2. The van der Waals surface area contributed by atoms with Crippen LogP contribution in [0.25, 0.3) is 16.8 Å². The molecule has 0 amide bonds. The number of halogens is 1. The van der Waals surface area contributed by atoms with Crippen LogP contribution in [-0.4, -0.2) is 28.7 Å². The molecule has 224 valence electrons. The van der Waals surface area contributed by atoms with Gasteiger partial charge in [-0.3, -0.25) is 9.59 Å². The Labute approximate surface area is 266 Å². The molecular formula is C38H31ClN2O4. The van der Waals surface area contributed by atoms with Crippen LogP contribution in [0.3, 0.4) is 0 Å². The van der Waals surface area contributed by atoms with Gasteiger partial charge in [-0.25, -0.2) is 4.79 Å². The van der Waals surface area contributed by atoms with Gasteiger partial charge in [-0.15, -0.1) is 0 Å². The molecule has 0 unspecified atom stereocenters. The van der Waals surface area contributed by atoms with Crippen molar-refractivity contribution in [3.05, 3.63) is 155 Å². The number of rotatable bonds is 9. The second-order valence-electron chi connectivity index (χ2n) is 10.8. The van der Waals surface area contributed by atoms with Crippen molar-refractivity contribution < 1.29 is 19.1 Å². The molecule has 0 aliphatic carbocycles. The number of anilines is 1. The third-order valence-corrected chi connectivity index (χ3v) is 8.26. The Morgan fingerprint density at radius 2 is 1.42 bits per heavy atom. The van der Waals surface area contributed by atoms with Gasteiger partial charge in [0.15, 0.2) is 5.78 Å². The van der Waals surface area contributed by atoms with E-state index in [1.54, 1.807) is 54.1 Å². The summed E-state index contributed by atoms with van der Waals surface area (Å²) in [6.45, 7) is 1.84. The number of fused-ring (bicyclic) bond motifs is 1. The number of carbonyl (C=O) groups excluding carboxylic acids is 3. The SMILES string of the molecule is CCOC(=O)C1=C(C(=O)c2ccccc2)n2cccc2[C@@H](Nc2ccc(Cl)cc2)[C@H](C(=O)c2ccc(-c3ccccc3)cc2)C1.